The summed E-state index contributed by atoms with van der Waals surface area (Å²) < 4.78 is 1.00. The van der Waals surface area contributed by atoms with Crippen molar-refractivity contribution in [2.24, 2.45) is 0 Å². The molecule has 4 aromatic rings. The molecule has 0 bridgehead atoms. The second-order valence-corrected chi connectivity index (χ2v) is 7.96. The summed E-state index contributed by atoms with van der Waals surface area (Å²) in [6, 6.07) is 26.7. The predicted octanol–water partition coefficient (Wildman–Crippen LogP) is 6.24. The minimum atomic E-state index is -0.758. The molecule has 4 heteroatoms. The highest BCUT2D eigenvalue weighted by Crippen LogP contribution is 2.27. The number of aliphatic hydroxyl groups is 1. The maximum absolute atomic E-state index is 12.5. The van der Waals surface area contributed by atoms with Crippen molar-refractivity contribution in [2.75, 3.05) is 5.32 Å². The van der Waals surface area contributed by atoms with Crippen LogP contribution in [0.15, 0.2) is 89.4 Å². The Bertz CT molecular complexity index is 1190. The quantitative estimate of drug-likeness (QED) is 0.390. The van der Waals surface area contributed by atoms with Gasteiger partial charge in [0.25, 0.3) is 5.91 Å². The number of nitrogens with one attached hydrogen (secondary N) is 1. The van der Waals surface area contributed by atoms with Gasteiger partial charge < -0.3 is 10.4 Å². The monoisotopic (exact) mass is 445 g/mol. The first kappa shape index (κ1) is 19.4. The van der Waals surface area contributed by atoms with Gasteiger partial charge in [0.05, 0.1) is 0 Å². The van der Waals surface area contributed by atoms with Crippen molar-refractivity contribution in [3.8, 4) is 0 Å². The lowest BCUT2D eigenvalue weighted by Gasteiger charge is -2.14. The third kappa shape index (κ3) is 4.24. The van der Waals surface area contributed by atoms with Crippen LogP contribution in [0.1, 0.15) is 33.2 Å². The zero-order valence-corrected chi connectivity index (χ0v) is 17.5. The van der Waals surface area contributed by atoms with Crippen LogP contribution in [0, 0.1) is 6.92 Å². The van der Waals surface area contributed by atoms with E-state index in [1.807, 2.05) is 67.6 Å². The van der Waals surface area contributed by atoms with E-state index in [2.05, 4.69) is 21.2 Å². The second kappa shape index (κ2) is 8.19. The van der Waals surface area contributed by atoms with Crippen LogP contribution in [0.3, 0.4) is 0 Å². The molecule has 3 nitrogen and oxygen atoms in total. The number of aryl methyl sites for hydroxylation is 1. The Morgan fingerprint density at radius 1 is 0.862 bits per heavy atom. The summed E-state index contributed by atoms with van der Waals surface area (Å²) in [6.45, 7) is 1.96. The first-order valence-corrected chi connectivity index (χ1v) is 10.1. The van der Waals surface area contributed by atoms with Gasteiger partial charge >= 0.3 is 0 Å². The topological polar surface area (TPSA) is 49.3 Å². The molecular formula is C25H20BrNO2. The number of halogens is 1. The van der Waals surface area contributed by atoms with Gasteiger partial charge in [0.15, 0.2) is 0 Å². The fraction of sp³-hybridized carbons (Fsp3) is 0.0800. The summed E-state index contributed by atoms with van der Waals surface area (Å²) in [4.78, 5) is 12.5. The molecule has 2 N–H and O–H groups in total. The van der Waals surface area contributed by atoms with Crippen LogP contribution < -0.4 is 5.32 Å². The number of hydrogen-bond acceptors (Lipinski definition) is 2. The number of hydrogen-bond donors (Lipinski definition) is 2. The summed E-state index contributed by atoms with van der Waals surface area (Å²) in [5.41, 5.74) is 3.91. The van der Waals surface area contributed by atoms with Crippen LogP contribution in [0.4, 0.5) is 5.69 Å². The normalized spacial score (nSPS) is 12.0. The Hall–Kier alpha value is -2.95. The fourth-order valence-corrected chi connectivity index (χ4v) is 3.70. The lowest BCUT2D eigenvalue weighted by Crippen LogP contribution is -2.13. The van der Waals surface area contributed by atoms with Crippen molar-refractivity contribution in [2.45, 2.75) is 13.0 Å². The maximum atomic E-state index is 12.5. The van der Waals surface area contributed by atoms with Crippen molar-refractivity contribution in [1.82, 2.24) is 0 Å². The number of carbonyl (C=O) groups excluding carboxylic acids is 1. The van der Waals surface area contributed by atoms with Gasteiger partial charge in [-0.25, -0.2) is 0 Å². The lowest BCUT2D eigenvalue weighted by molar-refractivity contribution is 0.102. The molecule has 0 fully saturated rings. The molecule has 1 atom stereocenters. The molecule has 29 heavy (non-hydrogen) atoms. The molecule has 0 radical (unpaired) electrons. The largest absolute Gasteiger partial charge is 0.384 e. The Morgan fingerprint density at radius 2 is 1.55 bits per heavy atom. The van der Waals surface area contributed by atoms with Gasteiger partial charge in [0.1, 0.15) is 6.10 Å². The standard InChI is InChI=1S/C25H20BrNO2/c1-16-4-2-3-5-23(16)27-25(29)19-9-7-18(8-10-19)24(28)20-11-6-17-12-13-22(26)15-21(17)14-20/h2-15,24,28H,1H3,(H,27,29). The summed E-state index contributed by atoms with van der Waals surface area (Å²) in [5, 5.41) is 15.9. The number of amides is 1. The predicted molar refractivity (Wildman–Crippen MR) is 121 cm³/mol. The van der Waals surface area contributed by atoms with Gasteiger partial charge in [0.2, 0.25) is 0 Å². The van der Waals surface area contributed by atoms with Gasteiger partial charge in [-0.1, -0.05) is 64.5 Å². The highest BCUT2D eigenvalue weighted by atomic mass is 79.9. The van der Waals surface area contributed by atoms with Crippen LogP contribution >= 0.6 is 15.9 Å². The van der Waals surface area contributed by atoms with Crippen molar-refractivity contribution < 1.29 is 9.90 Å². The van der Waals surface area contributed by atoms with E-state index in [4.69, 9.17) is 0 Å². The first-order valence-electron chi connectivity index (χ1n) is 9.35. The molecule has 0 aliphatic heterocycles. The minimum absolute atomic E-state index is 0.170. The molecule has 1 unspecified atom stereocenters. The van der Waals surface area contributed by atoms with Crippen LogP contribution in [0.2, 0.25) is 0 Å². The Labute approximate surface area is 178 Å². The molecule has 4 rings (SSSR count). The van der Waals surface area contributed by atoms with E-state index in [1.54, 1.807) is 24.3 Å². The van der Waals surface area contributed by atoms with Gasteiger partial charge in [-0.15, -0.1) is 0 Å². The zero-order chi connectivity index (χ0) is 20.4. The minimum Gasteiger partial charge on any atom is -0.384 e. The number of fused-ring (bicyclic) bond motifs is 1. The van der Waals surface area contributed by atoms with Crippen molar-refractivity contribution in [3.05, 3.63) is 112 Å². The molecule has 4 aromatic carbocycles. The van der Waals surface area contributed by atoms with Crippen LogP contribution in [0.25, 0.3) is 10.8 Å². The molecule has 0 saturated carbocycles. The van der Waals surface area contributed by atoms with E-state index in [0.29, 0.717) is 5.56 Å². The van der Waals surface area contributed by atoms with E-state index in [1.165, 1.54) is 0 Å². The number of para-hydroxylation sites is 1. The van der Waals surface area contributed by atoms with Gasteiger partial charge in [-0.3, -0.25) is 4.79 Å². The average Bonchev–Trinajstić information content (AvgIpc) is 2.74. The van der Waals surface area contributed by atoms with E-state index in [0.717, 1.165) is 37.6 Å². The summed E-state index contributed by atoms with van der Waals surface area (Å²) in [6.07, 6.45) is -0.758. The fourth-order valence-electron chi connectivity index (χ4n) is 3.32. The van der Waals surface area contributed by atoms with Crippen molar-refractivity contribution >= 4 is 38.3 Å². The van der Waals surface area contributed by atoms with E-state index in [9.17, 15) is 9.90 Å². The highest BCUT2D eigenvalue weighted by molar-refractivity contribution is 9.10. The van der Waals surface area contributed by atoms with E-state index < -0.39 is 6.10 Å². The number of carbonyl (C=O) groups is 1. The SMILES string of the molecule is Cc1ccccc1NC(=O)c1ccc(C(O)c2ccc3ccc(Br)cc3c2)cc1. The third-order valence-electron chi connectivity index (χ3n) is 5.02. The second-order valence-electron chi connectivity index (χ2n) is 7.04. The molecule has 0 aliphatic rings. The van der Waals surface area contributed by atoms with Gasteiger partial charge in [0, 0.05) is 15.7 Å². The number of rotatable bonds is 4. The average molecular weight is 446 g/mol. The smallest absolute Gasteiger partial charge is 0.255 e. The number of anilines is 1. The summed E-state index contributed by atoms with van der Waals surface area (Å²) in [5.74, 6) is -0.170. The highest BCUT2D eigenvalue weighted by Gasteiger charge is 2.13. The van der Waals surface area contributed by atoms with Crippen molar-refractivity contribution in [1.29, 1.82) is 0 Å². The van der Waals surface area contributed by atoms with E-state index >= 15 is 0 Å². The molecule has 0 aromatic heterocycles. The van der Waals surface area contributed by atoms with Gasteiger partial charge in [-0.05, 0) is 70.8 Å². The van der Waals surface area contributed by atoms with Crippen LogP contribution in [-0.2, 0) is 0 Å². The van der Waals surface area contributed by atoms with Crippen LogP contribution in [0.5, 0.6) is 0 Å². The molecule has 0 aliphatic carbocycles. The Balaban J connectivity index is 1.54. The van der Waals surface area contributed by atoms with Crippen LogP contribution in [-0.4, -0.2) is 11.0 Å². The maximum Gasteiger partial charge on any atom is 0.255 e. The summed E-state index contributed by atoms with van der Waals surface area (Å²) in [7, 11) is 0. The summed E-state index contributed by atoms with van der Waals surface area (Å²) >= 11 is 3.49. The number of benzene rings is 4. The molecular weight excluding hydrogens is 426 g/mol. The zero-order valence-electron chi connectivity index (χ0n) is 15.9. The Kier molecular flexibility index (Phi) is 5.47. The van der Waals surface area contributed by atoms with E-state index in [-0.39, 0.29) is 5.91 Å². The molecule has 0 spiro atoms. The number of aliphatic hydroxyl groups excluding tert-OH is 1. The molecule has 1 amide bonds. The molecule has 144 valence electrons. The van der Waals surface area contributed by atoms with Crippen molar-refractivity contribution in [3.63, 3.8) is 0 Å². The van der Waals surface area contributed by atoms with Gasteiger partial charge in [-0.2, -0.15) is 0 Å². The molecule has 0 heterocycles. The molecule has 0 saturated heterocycles. The Morgan fingerprint density at radius 3 is 2.31 bits per heavy atom. The first-order chi connectivity index (χ1) is 14.0. The third-order valence-corrected chi connectivity index (χ3v) is 5.52. The lowest BCUT2D eigenvalue weighted by atomic mass is 9.97.